The standard InChI is InChI=1S/C36H38N8OS/c1-46-42-34(39-23-45)27-11-9-24(10-12-27)20-43-21-28(22-43)25-13-15-29(16-14-25)44-35(30-8-5-19-38-33(30)37)41-32-18-17-31(40-36(32)44)26-6-3-2-4-7-26/h2-8,13-19,23-24,27-28H,9-12,20-22H2,1H3,(H2,37,38)(H,39,42,45). The normalized spacial score (nSPS) is 19.2. The summed E-state index contributed by atoms with van der Waals surface area (Å²) in [5.74, 6) is 3.59. The highest BCUT2D eigenvalue weighted by molar-refractivity contribution is 7.97. The number of pyridine rings is 2. The van der Waals surface area contributed by atoms with Crippen molar-refractivity contribution in [2.75, 3.05) is 31.6 Å². The van der Waals surface area contributed by atoms with Gasteiger partial charge in [0.1, 0.15) is 17.2 Å². The number of amides is 1. The van der Waals surface area contributed by atoms with E-state index in [0.717, 1.165) is 84.2 Å². The van der Waals surface area contributed by atoms with Crippen molar-refractivity contribution in [3.8, 4) is 28.3 Å². The van der Waals surface area contributed by atoms with E-state index < -0.39 is 0 Å². The van der Waals surface area contributed by atoms with Crippen molar-refractivity contribution >= 4 is 41.2 Å². The number of carbonyl (C=O) groups excluding carboxylic acids is 1. The molecule has 2 aliphatic rings. The maximum atomic E-state index is 11.0. The molecule has 2 aromatic carbocycles. The van der Waals surface area contributed by atoms with E-state index in [2.05, 4.69) is 60.6 Å². The van der Waals surface area contributed by atoms with Crippen LogP contribution in [0.2, 0.25) is 0 Å². The van der Waals surface area contributed by atoms with E-state index in [1.54, 1.807) is 6.20 Å². The predicted octanol–water partition coefficient (Wildman–Crippen LogP) is 6.36. The second kappa shape index (κ2) is 13.4. The molecule has 1 amide bonds. The highest BCUT2D eigenvalue weighted by Crippen LogP contribution is 2.36. The van der Waals surface area contributed by atoms with Crippen LogP contribution >= 0.6 is 11.9 Å². The van der Waals surface area contributed by atoms with Gasteiger partial charge in [-0.3, -0.25) is 9.36 Å². The first-order valence-corrected chi connectivity index (χ1v) is 17.1. The molecule has 3 N–H and O–H groups in total. The number of anilines is 1. The summed E-state index contributed by atoms with van der Waals surface area (Å²) in [5, 5.41) is 2.82. The van der Waals surface area contributed by atoms with Crippen molar-refractivity contribution in [3.05, 3.63) is 90.6 Å². The Balaban J connectivity index is 1.07. The zero-order valence-corrected chi connectivity index (χ0v) is 26.7. The van der Waals surface area contributed by atoms with Gasteiger partial charge in [-0.1, -0.05) is 42.5 Å². The largest absolute Gasteiger partial charge is 0.383 e. The molecule has 7 rings (SSSR count). The second-order valence-electron chi connectivity index (χ2n) is 12.3. The molecule has 0 spiro atoms. The molecule has 2 fully saturated rings. The number of hydrogen-bond acceptors (Lipinski definition) is 8. The van der Waals surface area contributed by atoms with Crippen LogP contribution < -0.4 is 11.1 Å². The van der Waals surface area contributed by atoms with E-state index in [1.165, 1.54) is 30.4 Å². The van der Waals surface area contributed by atoms with Crippen molar-refractivity contribution in [1.82, 2.24) is 29.7 Å². The van der Waals surface area contributed by atoms with Gasteiger partial charge in [-0.05, 0) is 85.5 Å². The van der Waals surface area contributed by atoms with Crippen molar-refractivity contribution in [2.24, 2.45) is 16.2 Å². The number of nitrogens with zero attached hydrogens (tertiary/aromatic N) is 6. The lowest BCUT2D eigenvalue weighted by Gasteiger charge is -2.42. The van der Waals surface area contributed by atoms with Gasteiger partial charge in [0, 0.05) is 55.2 Å². The zero-order chi connectivity index (χ0) is 31.5. The van der Waals surface area contributed by atoms with E-state index in [9.17, 15) is 4.79 Å². The van der Waals surface area contributed by atoms with E-state index in [-0.39, 0.29) is 0 Å². The average Bonchev–Trinajstić information content (AvgIpc) is 3.46. The highest BCUT2D eigenvalue weighted by atomic mass is 32.2. The summed E-state index contributed by atoms with van der Waals surface area (Å²) in [6.07, 6.45) is 8.90. The number of imidazole rings is 1. The number of likely N-dealkylation sites (tertiary alicyclic amines) is 1. The molecule has 0 unspecified atom stereocenters. The van der Waals surface area contributed by atoms with Gasteiger partial charge in [0.15, 0.2) is 11.5 Å². The minimum atomic E-state index is 0.361. The molecule has 1 saturated heterocycles. The Morgan fingerprint density at radius 2 is 1.76 bits per heavy atom. The summed E-state index contributed by atoms with van der Waals surface area (Å²) >= 11 is 1.41. The van der Waals surface area contributed by atoms with E-state index in [4.69, 9.17) is 15.7 Å². The fourth-order valence-electron chi connectivity index (χ4n) is 6.95. The minimum absolute atomic E-state index is 0.361. The molecular weight excluding hydrogens is 593 g/mol. The number of nitrogens with two attached hydrogens (primary N) is 1. The summed E-state index contributed by atoms with van der Waals surface area (Å²) < 4.78 is 6.54. The third kappa shape index (κ3) is 6.15. The van der Waals surface area contributed by atoms with Crippen LogP contribution in [0.5, 0.6) is 0 Å². The number of amidine groups is 1. The monoisotopic (exact) mass is 630 g/mol. The Morgan fingerprint density at radius 1 is 0.978 bits per heavy atom. The Bertz CT molecular complexity index is 1840. The average molecular weight is 631 g/mol. The minimum Gasteiger partial charge on any atom is -0.383 e. The molecular formula is C36H38N8OS. The molecule has 0 bridgehead atoms. The zero-order valence-electron chi connectivity index (χ0n) is 25.9. The SMILES string of the molecule is CS/N=C(\NC=O)C1CCC(CN2CC(c3ccc(-n4c(-c5cccnc5N)nc5ccc(-c6ccccc6)nc54)cc3)C2)CC1. The number of carbonyl (C=O) groups is 1. The van der Waals surface area contributed by atoms with Crippen molar-refractivity contribution in [1.29, 1.82) is 0 Å². The van der Waals surface area contributed by atoms with E-state index in [1.807, 2.05) is 48.7 Å². The molecule has 0 radical (unpaired) electrons. The fraction of sp³-hybridized carbons (Fsp3) is 0.306. The third-order valence-electron chi connectivity index (χ3n) is 9.38. The van der Waals surface area contributed by atoms with Gasteiger partial charge >= 0.3 is 0 Å². The smallest absolute Gasteiger partial charge is 0.212 e. The highest BCUT2D eigenvalue weighted by Gasteiger charge is 2.32. The molecule has 1 aliphatic carbocycles. The molecule has 1 saturated carbocycles. The molecule has 10 heteroatoms. The first-order chi connectivity index (χ1) is 22.6. The Labute approximate surface area is 273 Å². The van der Waals surface area contributed by atoms with Crippen molar-refractivity contribution in [2.45, 2.75) is 31.6 Å². The van der Waals surface area contributed by atoms with Crippen LogP contribution in [-0.2, 0) is 4.79 Å². The summed E-state index contributed by atoms with van der Waals surface area (Å²) in [5.41, 5.74) is 13.0. The van der Waals surface area contributed by atoms with Crippen LogP contribution in [0.15, 0.2) is 89.5 Å². The number of nitrogen functional groups attached to an aromatic ring is 1. The van der Waals surface area contributed by atoms with Gasteiger partial charge in [-0.25, -0.2) is 19.3 Å². The van der Waals surface area contributed by atoms with Crippen LogP contribution in [0.25, 0.3) is 39.5 Å². The maximum Gasteiger partial charge on any atom is 0.212 e. The lowest BCUT2D eigenvalue weighted by molar-refractivity contribution is -0.108. The maximum absolute atomic E-state index is 11.0. The van der Waals surface area contributed by atoms with Gasteiger partial charge in [0.25, 0.3) is 0 Å². The lowest BCUT2D eigenvalue weighted by Crippen LogP contribution is -2.47. The molecule has 46 heavy (non-hydrogen) atoms. The van der Waals surface area contributed by atoms with Gasteiger partial charge in [-0.15, -0.1) is 0 Å². The van der Waals surface area contributed by atoms with Crippen LogP contribution in [0, 0.1) is 11.8 Å². The first-order valence-electron chi connectivity index (χ1n) is 15.9. The number of hydrogen-bond donors (Lipinski definition) is 2. The molecule has 3 aromatic heterocycles. The predicted molar refractivity (Wildman–Crippen MR) is 187 cm³/mol. The van der Waals surface area contributed by atoms with Crippen LogP contribution in [0.1, 0.15) is 37.2 Å². The summed E-state index contributed by atoms with van der Waals surface area (Å²) in [6, 6.07) is 26.9. The van der Waals surface area contributed by atoms with Crippen LogP contribution in [0.3, 0.4) is 0 Å². The molecule has 4 heterocycles. The Morgan fingerprint density at radius 3 is 2.48 bits per heavy atom. The molecule has 9 nitrogen and oxygen atoms in total. The first kappa shape index (κ1) is 30.1. The summed E-state index contributed by atoms with van der Waals surface area (Å²) in [6.45, 7) is 3.31. The topological polar surface area (TPSA) is 114 Å². The molecule has 1 aliphatic heterocycles. The number of aromatic nitrogens is 4. The van der Waals surface area contributed by atoms with Crippen molar-refractivity contribution in [3.63, 3.8) is 0 Å². The second-order valence-corrected chi connectivity index (χ2v) is 12.8. The van der Waals surface area contributed by atoms with Crippen molar-refractivity contribution < 1.29 is 4.79 Å². The lowest BCUT2D eigenvalue weighted by atomic mass is 9.80. The molecule has 0 atom stereocenters. The quantitative estimate of drug-likeness (QED) is 0.0843. The molecule has 5 aromatic rings. The van der Waals surface area contributed by atoms with Gasteiger partial charge in [-0.2, -0.15) is 0 Å². The molecule has 234 valence electrons. The number of rotatable bonds is 9. The Hall–Kier alpha value is -4.54. The number of nitrogens with one attached hydrogen (secondary N) is 1. The number of benzene rings is 2. The van der Waals surface area contributed by atoms with Crippen LogP contribution in [0.4, 0.5) is 5.82 Å². The number of fused-ring (bicyclic) bond motifs is 1. The van der Waals surface area contributed by atoms with Gasteiger partial charge in [0.2, 0.25) is 6.41 Å². The summed E-state index contributed by atoms with van der Waals surface area (Å²) in [7, 11) is 0. The third-order valence-corrected chi connectivity index (χ3v) is 9.76. The van der Waals surface area contributed by atoms with E-state index in [0.29, 0.717) is 23.6 Å². The van der Waals surface area contributed by atoms with Gasteiger partial charge < -0.3 is 16.0 Å². The Kier molecular flexibility index (Phi) is 8.81. The van der Waals surface area contributed by atoms with Gasteiger partial charge in [0.05, 0.1) is 11.3 Å². The van der Waals surface area contributed by atoms with E-state index >= 15 is 0 Å². The summed E-state index contributed by atoms with van der Waals surface area (Å²) in [4.78, 5) is 28.0. The fourth-order valence-corrected chi connectivity index (χ4v) is 7.34. The van der Waals surface area contributed by atoms with Crippen LogP contribution in [-0.4, -0.2) is 62.6 Å².